The topological polar surface area (TPSA) is 83.8 Å². The zero-order valence-corrected chi connectivity index (χ0v) is 14.6. The van der Waals surface area contributed by atoms with Gasteiger partial charge in [-0.25, -0.2) is 0 Å². The van der Waals surface area contributed by atoms with Crippen LogP contribution in [0.15, 0.2) is 24.3 Å². The fourth-order valence-corrected chi connectivity index (χ4v) is 6.69. The molecule has 4 aliphatic carbocycles. The molecule has 134 valence electrons. The van der Waals surface area contributed by atoms with Crippen LogP contribution in [0.4, 0.5) is 0 Å². The number of aliphatic hydroxyl groups excluding tert-OH is 1. The molecule has 0 bridgehead atoms. The van der Waals surface area contributed by atoms with Gasteiger partial charge >= 0.3 is 5.97 Å². The summed E-state index contributed by atoms with van der Waals surface area (Å²) >= 11 is 0. The number of hydrogen-bond acceptors (Lipinski definition) is 5. The van der Waals surface area contributed by atoms with Crippen LogP contribution in [0.3, 0.4) is 0 Å². The minimum atomic E-state index is -1.68. The van der Waals surface area contributed by atoms with Crippen LogP contribution in [0.25, 0.3) is 0 Å². The fraction of sp³-hybridized carbons (Fsp3) is 0.700. The van der Waals surface area contributed by atoms with Gasteiger partial charge in [0.1, 0.15) is 12.2 Å². The molecule has 5 nitrogen and oxygen atoms in total. The van der Waals surface area contributed by atoms with E-state index in [2.05, 4.69) is 6.58 Å². The summed E-state index contributed by atoms with van der Waals surface area (Å²) in [6.07, 6.45) is 4.06. The van der Waals surface area contributed by atoms with Crippen LogP contribution < -0.4 is 0 Å². The van der Waals surface area contributed by atoms with Gasteiger partial charge in [0.15, 0.2) is 11.4 Å². The number of rotatable bonds is 1. The average Bonchev–Trinajstić information content (AvgIpc) is 3.24. The number of allylic oxidation sites excluding steroid dienone is 2. The molecule has 5 rings (SSSR count). The van der Waals surface area contributed by atoms with Crippen molar-refractivity contribution in [1.82, 2.24) is 0 Å². The van der Waals surface area contributed by atoms with Gasteiger partial charge in [0.05, 0.1) is 5.41 Å². The second kappa shape index (κ2) is 4.09. The van der Waals surface area contributed by atoms with E-state index in [-0.39, 0.29) is 30.0 Å². The van der Waals surface area contributed by atoms with Gasteiger partial charge in [-0.05, 0) is 37.7 Å². The van der Waals surface area contributed by atoms with Crippen LogP contribution >= 0.6 is 0 Å². The Balaban J connectivity index is 1.77. The maximum absolute atomic E-state index is 13.2. The van der Waals surface area contributed by atoms with Gasteiger partial charge in [-0.15, -0.1) is 6.58 Å². The maximum Gasteiger partial charge on any atom is 0.312 e. The summed E-state index contributed by atoms with van der Waals surface area (Å²) in [7, 11) is 0. The highest BCUT2D eigenvalue weighted by Crippen LogP contribution is 2.79. The van der Waals surface area contributed by atoms with Crippen molar-refractivity contribution < 1.29 is 24.5 Å². The minimum absolute atomic E-state index is 0.167. The maximum atomic E-state index is 13.2. The molecule has 3 saturated carbocycles. The highest BCUT2D eigenvalue weighted by molar-refractivity contribution is 5.96. The summed E-state index contributed by atoms with van der Waals surface area (Å²) in [6, 6.07) is 0. The Morgan fingerprint density at radius 3 is 2.76 bits per heavy atom. The van der Waals surface area contributed by atoms with E-state index in [4.69, 9.17) is 4.74 Å². The van der Waals surface area contributed by atoms with Crippen molar-refractivity contribution in [2.45, 2.75) is 57.3 Å². The molecule has 1 heterocycles. The van der Waals surface area contributed by atoms with E-state index in [1.54, 1.807) is 12.2 Å². The molecule has 0 amide bonds. The summed E-state index contributed by atoms with van der Waals surface area (Å²) in [4.78, 5) is 25.8. The smallest absolute Gasteiger partial charge is 0.312 e. The lowest BCUT2D eigenvalue weighted by atomic mass is 9.48. The Hall–Kier alpha value is -1.46. The largest absolute Gasteiger partial charge is 0.458 e. The van der Waals surface area contributed by atoms with Gasteiger partial charge in [-0.2, -0.15) is 0 Å². The number of Topliss-reactive ketones (excluding diaryl/α,β-unsaturated/α-hetero) is 1. The second-order valence-corrected chi connectivity index (χ2v) is 9.31. The third-order valence-electron chi connectivity index (χ3n) is 8.06. The Morgan fingerprint density at radius 1 is 1.36 bits per heavy atom. The summed E-state index contributed by atoms with van der Waals surface area (Å²) in [5.74, 6) is -0.648. The molecule has 0 aromatic carbocycles. The van der Waals surface area contributed by atoms with Crippen LogP contribution in [0.1, 0.15) is 39.5 Å². The van der Waals surface area contributed by atoms with Crippen LogP contribution in [-0.4, -0.2) is 39.8 Å². The normalized spacial score (nSPS) is 58.5. The third-order valence-corrected chi connectivity index (χ3v) is 8.06. The number of carbonyl (C=O) groups excluding carboxylic acids is 2. The molecule has 8 atom stereocenters. The standard InChI is InChI=1S/C20H24O5/c1-4-17(2)8-11-13(22)14-15-18(3,16(23)25-14)6-5-10-7-19(10,15)20(11,24)12(21)9-17/h4,8,10,13-15,22,24H,1,5-7,9H2,2-3H3/t10-,13+,14+,15-,17+,18-,19-,20-/m0/s1. The van der Waals surface area contributed by atoms with Gasteiger partial charge in [0.2, 0.25) is 0 Å². The third kappa shape index (κ3) is 1.43. The number of aliphatic hydroxyl groups is 2. The number of ketones is 1. The molecule has 1 saturated heterocycles. The molecular formula is C20H24O5. The summed E-state index contributed by atoms with van der Waals surface area (Å²) in [5.41, 5.74) is -3.35. The molecule has 5 heteroatoms. The van der Waals surface area contributed by atoms with E-state index in [1.165, 1.54) is 0 Å². The predicted octanol–water partition coefficient (Wildman–Crippen LogP) is 1.53. The number of ether oxygens (including phenoxy) is 1. The first-order valence-electron chi connectivity index (χ1n) is 9.16. The van der Waals surface area contributed by atoms with E-state index in [1.807, 2.05) is 13.8 Å². The van der Waals surface area contributed by atoms with Crippen molar-refractivity contribution in [3.8, 4) is 0 Å². The molecular weight excluding hydrogens is 320 g/mol. The van der Waals surface area contributed by atoms with Crippen molar-refractivity contribution in [2.75, 3.05) is 0 Å². The van der Waals surface area contributed by atoms with E-state index < -0.39 is 34.1 Å². The second-order valence-electron chi connectivity index (χ2n) is 9.31. The minimum Gasteiger partial charge on any atom is -0.458 e. The molecule has 0 radical (unpaired) electrons. The zero-order valence-electron chi connectivity index (χ0n) is 14.6. The molecule has 0 unspecified atom stereocenters. The van der Waals surface area contributed by atoms with Crippen molar-refractivity contribution >= 4 is 11.8 Å². The zero-order chi connectivity index (χ0) is 18.0. The van der Waals surface area contributed by atoms with Gasteiger partial charge in [0, 0.05) is 23.2 Å². The highest BCUT2D eigenvalue weighted by Gasteiger charge is 2.85. The Labute approximate surface area is 146 Å². The van der Waals surface area contributed by atoms with Crippen molar-refractivity contribution in [2.24, 2.45) is 28.1 Å². The van der Waals surface area contributed by atoms with Crippen LogP contribution in [0.5, 0.6) is 0 Å². The lowest BCUT2D eigenvalue weighted by molar-refractivity contribution is -0.173. The SMILES string of the molecule is C=C[C@]1(C)C=C2[C@@H](O)[C@H]3OC(=O)[C@@]4(C)CC[C@H]5C[C@]5([C@@H]34)[C@@]2(O)C(=O)C1. The summed E-state index contributed by atoms with van der Waals surface area (Å²) in [5, 5.41) is 22.8. The van der Waals surface area contributed by atoms with E-state index in [0.29, 0.717) is 12.0 Å². The molecule has 5 aliphatic rings. The van der Waals surface area contributed by atoms with Crippen LogP contribution in [0.2, 0.25) is 0 Å². The van der Waals surface area contributed by atoms with Gasteiger partial charge in [0.25, 0.3) is 0 Å². The van der Waals surface area contributed by atoms with Gasteiger partial charge < -0.3 is 14.9 Å². The van der Waals surface area contributed by atoms with E-state index in [9.17, 15) is 19.8 Å². The first kappa shape index (κ1) is 15.8. The predicted molar refractivity (Wildman–Crippen MR) is 88.2 cm³/mol. The van der Waals surface area contributed by atoms with Crippen molar-refractivity contribution in [3.63, 3.8) is 0 Å². The first-order chi connectivity index (χ1) is 11.6. The summed E-state index contributed by atoms with van der Waals surface area (Å²) in [6.45, 7) is 7.56. The van der Waals surface area contributed by atoms with E-state index >= 15 is 0 Å². The Kier molecular flexibility index (Phi) is 2.58. The van der Waals surface area contributed by atoms with E-state index in [0.717, 1.165) is 12.8 Å². The Bertz CT molecular complexity index is 770. The first-order valence-corrected chi connectivity index (χ1v) is 9.16. The van der Waals surface area contributed by atoms with Crippen LogP contribution in [-0.2, 0) is 14.3 Å². The molecule has 0 aromatic rings. The summed E-state index contributed by atoms with van der Waals surface area (Å²) < 4.78 is 5.64. The molecule has 0 aromatic heterocycles. The number of carbonyl (C=O) groups is 2. The number of esters is 1. The van der Waals surface area contributed by atoms with Gasteiger partial charge in [-0.3, -0.25) is 9.59 Å². The van der Waals surface area contributed by atoms with Crippen LogP contribution in [0, 0.1) is 28.1 Å². The molecule has 25 heavy (non-hydrogen) atoms. The van der Waals surface area contributed by atoms with Gasteiger partial charge in [-0.1, -0.05) is 19.1 Å². The van der Waals surface area contributed by atoms with Crippen molar-refractivity contribution in [3.05, 3.63) is 24.3 Å². The number of fused-ring (bicyclic) bond motifs is 1. The fourth-order valence-electron chi connectivity index (χ4n) is 6.69. The number of hydrogen-bond donors (Lipinski definition) is 2. The lowest BCUT2D eigenvalue weighted by Crippen LogP contribution is -2.67. The van der Waals surface area contributed by atoms with Crippen molar-refractivity contribution in [1.29, 1.82) is 0 Å². The molecule has 1 aliphatic heterocycles. The quantitative estimate of drug-likeness (QED) is 0.557. The highest BCUT2D eigenvalue weighted by atomic mass is 16.6. The molecule has 2 N–H and O–H groups in total. The average molecular weight is 344 g/mol. The lowest BCUT2D eigenvalue weighted by Gasteiger charge is -2.56. The monoisotopic (exact) mass is 344 g/mol. The Morgan fingerprint density at radius 2 is 2.08 bits per heavy atom. The molecule has 4 fully saturated rings. The molecule has 1 spiro atoms.